The van der Waals surface area contributed by atoms with E-state index in [1.165, 1.54) is 9.75 Å². The molecule has 3 aromatic heterocycles. The van der Waals surface area contributed by atoms with Crippen LogP contribution in [-0.2, 0) is 13.0 Å². The van der Waals surface area contributed by atoms with Crippen LogP contribution in [-0.4, -0.2) is 17.0 Å². The summed E-state index contributed by atoms with van der Waals surface area (Å²) in [6.45, 7) is 5.59. The number of nitrogens with zero attached hydrogens (tertiary/aromatic N) is 1. The summed E-state index contributed by atoms with van der Waals surface area (Å²) in [5.41, 5.74) is 2.94. The molecular formula is C18H20N2OS2. The van der Waals surface area contributed by atoms with Crippen molar-refractivity contribution in [3.63, 3.8) is 0 Å². The molecule has 3 rings (SSSR count). The van der Waals surface area contributed by atoms with Gasteiger partial charge in [-0.3, -0.25) is 4.79 Å². The van der Waals surface area contributed by atoms with Crippen LogP contribution in [0, 0.1) is 13.8 Å². The molecule has 0 aliphatic heterocycles. The maximum absolute atomic E-state index is 12.4. The highest BCUT2D eigenvalue weighted by atomic mass is 32.1. The first kappa shape index (κ1) is 16.0. The SMILES string of the molecule is Cc1cc(C(=O)NCCc2cccs2)c(C)n1Cc1cccs1. The normalized spacial score (nSPS) is 10.9. The van der Waals surface area contributed by atoms with Crippen LogP contribution in [0.2, 0.25) is 0 Å². The molecule has 23 heavy (non-hydrogen) atoms. The minimum absolute atomic E-state index is 0.0204. The molecule has 0 saturated heterocycles. The Hall–Kier alpha value is -1.85. The van der Waals surface area contributed by atoms with Crippen LogP contribution in [0.5, 0.6) is 0 Å². The van der Waals surface area contributed by atoms with E-state index in [1.807, 2.05) is 19.1 Å². The summed E-state index contributed by atoms with van der Waals surface area (Å²) in [4.78, 5) is 15.0. The molecule has 0 atom stereocenters. The molecule has 0 unspecified atom stereocenters. The second-order valence-corrected chi connectivity index (χ2v) is 7.60. The van der Waals surface area contributed by atoms with Crippen molar-refractivity contribution < 1.29 is 4.79 Å². The van der Waals surface area contributed by atoms with Crippen LogP contribution in [0.3, 0.4) is 0 Å². The molecule has 5 heteroatoms. The van der Waals surface area contributed by atoms with Crippen molar-refractivity contribution in [2.75, 3.05) is 6.54 Å². The van der Waals surface area contributed by atoms with Crippen molar-refractivity contribution in [2.24, 2.45) is 0 Å². The largest absolute Gasteiger partial charge is 0.352 e. The second-order valence-electron chi connectivity index (χ2n) is 5.54. The van der Waals surface area contributed by atoms with E-state index < -0.39 is 0 Å². The van der Waals surface area contributed by atoms with Gasteiger partial charge >= 0.3 is 0 Å². The summed E-state index contributed by atoms with van der Waals surface area (Å²) in [6, 6.07) is 10.3. The van der Waals surface area contributed by atoms with Gasteiger partial charge in [-0.25, -0.2) is 0 Å². The third-order valence-corrected chi connectivity index (χ3v) is 5.75. The monoisotopic (exact) mass is 344 g/mol. The molecule has 0 fully saturated rings. The van der Waals surface area contributed by atoms with E-state index in [1.54, 1.807) is 22.7 Å². The molecule has 0 bridgehead atoms. The van der Waals surface area contributed by atoms with Crippen molar-refractivity contribution in [3.05, 3.63) is 67.8 Å². The summed E-state index contributed by atoms with van der Waals surface area (Å²) < 4.78 is 2.21. The Morgan fingerprint density at radius 2 is 1.83 bits per heavy atom. The minimum atomic E-state index is 0.0204. The van der Waals surface area contributed by atoms with Crippen LogP contribution in [0.1, 0.15) is 31.5 Å². The maximum atomic E-state index is 12.4. The quantitative estimate of drug-likeness (QED) is 0.713. The lowest BCUT2D eigenvalue weighted by molar-refractivity contribution is 0.0953. The average Bonchev–Trinajstić information content (AvgIpc) is 3.26. The Morgan fingerprint density at radius 1 is 1.13 bits per heavy atom. The minimum Gasteiger partial charge on any atom is -0.352 e. The number of aryl methyl sites for hydroxylation is 1. The Morgan fingerprint density at radius 3 is 2.48 bits per heavy atom. The fraction of sp³-hybridized carbons (Fsp3) is 0.278. The van der Waals surface area contributed by atoms with Crippen molar-refractivity contribution in [2.45, 2.75) is 26.8 Å². The van der Waals surface area contributed by atoms with Crippen LogP contribution in [0.4, 0.5) is 0 Å². The van der Waals surface area contributed by atoms with Crippen molar-refractivity contribution in [3.8, 4) is 0 Å². The van der Waals surface area contributed by atoms with E-state index in [9.17, 15) is 4.79 Å². The molecule has 0 spiro atoms. The fourth-order valence-corrected chi connectivity index (χ4v) is 4.08. The van der Waals surface area contributed by atoms with Gasteiger partial charge in [0.25, 0.3) is 5.91 Å². The van der Waals surface area contributed by atoms with Gasteiger partial charge in [0.05, 0.1) is 12.1 Å². The van der Waals surface area contributed by atoms with Gasteiger partial charge in [-0.05, 0) is 49.2 Å². The number of amides is 1. The molecule has 3 aromatic rings. The van der Waals surface area contributed by atoms with Crippen LogP contribution < -0.4 is 5.32 Å². The van der Waals surface area contributed by atoms with Crippen LogP contribution in [0.25, 0.3) is 0 Å². The van der Waals surface area contributed by atoms with Crippen molar-refractivity contribution >= 4 is 28.6 Å². The van der Waals surface area contributed by atoms with E-state index in [2.05, 4.69) is 45.8 Å². The first-order valence-electron chi connectivity index (χ1n) is 7.65. The van der Waals surface area contributed by atoms with E-state index in [0.29, 0.717) is 6.54 Å². The Balaban J connectivity index is 1.66. The topological polar surface area (TPSA) is 34.0 Å². The van der Waals surface area contributed by atoms with E-state index in [0.717, 1.165) is 29.9 Å². The van der Waals surface area contributed by atoms with Gasteiger partial charge < -0.3 is 9.88 Å². The first-order chi connectivity index (χ1) is 11.1. The zero-order valence-electron chi connectivity index (χ0n) is 13.3. The zero-order chi connectivity index (χ0) is 16.2. The average molecular weight is 345 g/mol. The van der Waals surface area contributed by atoms with Gasteiger partial charge in [-0.2, -0.15) is 0 Å². The first-order valence-corrected chi connectivity index (χ1v) is 9.41. The summed E-state index contributed by atoms with van der Waals surface area (Å²) in [5.74, 6) is 0.0204. The van der Waals surface area contributed by atoms with Crippen LogP contribution >= 0.6 is 22.7 Å². The lowest BCUT2D eigenvalue weighted by Gasteiger charge is -2.09. The van der Waals surface area contributed by atoms with E-state index in [-0.39, 0.29) is 5.91 Å². The number of thiophene rings is 2. The fourth-order valence-electron chi connectivity index (χ4n) is 2.68. The summed E-state index contributed by atoms with van der Waals surface area (Å²) in [5, 5.41) is 7.18. The number of rotatable bonds is 6. The predicted molar refractivity (Wildman–Crippen MR) is 97.7 cm³/mol. The number of carbonyl (C=O) groups excluding carboxylic acids is 1. The number of hydrogen-bond donors (Lipinski definition) is 1. The smallest absolute Gasteiger partial charge is 0.253 e. The molecule has 120 valence electrons. The standard InChI is InChI=1S/C18H20N2OS2/c1-13-11-17(14(2)20(13)12-16-6-4-10-23-16)18(21)19-8-7-15-5-3-9-22-15/h3-6,9-11H,7-8,12H2,1-2H3,(H,19,21). The molecule has 0 saturated carbocycles. The summed E-state index contributed by atoms with van der Waals surface area (Å²) in [7, 11) is 0. The third kappa shape index (κ3) is 3.74. The van der Waals surface area contributed by atoms with Crippen molar-refractivity contribution in [1.82, 2.24) is 9.88 Å². The number of carbonyl (C=O) groups is 1. The molecule has 3 heterocycles. The molecule has 1 amide bonds. The van der Waals surface area contributed by atoms with E-state index in [4.69, 9.17) is 0 Å². The Kier molecular flexibility index (Phi) is 4.98. The third-order valence-electron chi connectivity index (χ3n) is 3.95. The molecule has 0 radical (unpaired) electrons. The molecule has 0 aromatic carbocycles. The van der Waals surface area contributed by atoms with Gasteiger partial charge in [0.2, 0.25) is 0 Å². The predicted octanol–water partition coefficient (Wildman–Crippen LogP) is 4.25. The molecule has 3 nitrogen and oxygen atoms in total. The summed E-state index contributed by atoms with van der Waals surface area (Å²) in [6.07, 6.45) is 0.886. The van der Waals surface area contributed by atoms with Crippen molar-refractivity contribution in [1.29, 1.82) is 0 Å². The maximum Gasteiger partial charge on any atom is 0.253 e. The van der Waals surface area contributed by atoms with Gasteiger partial charge in [0.15, 0.2) is 0 Å². The number of nitrogens with one attached hydrogen (secondary N) is 1. The molecule has 0 aliphatic rings. The van der Waals surface area contributed by atoms with E-state index >= 15 is 0 Å². The highest BCUT2D eigenvalue weighted by molar-refractivity contribution is 7.10. The molecular weight excluding hydrogens is 324 g/mol. The molecule has 1 N–H and O–H groups in total. The Labute approximate surface area is 144 Å². The van der Waals surface area contributed by atoms with Crippen LogP contribution in [0.15, 0.2) is 41.1 Å². The highest BCUT2D eigenvalue weighted by Crippen LogP contribution is 2.19. The van der Waals surface area contributed by atoms with Gasteiger partial charge in [0.1, 0.15) is 0 Å². The highest BCUT2D eigenvalue weighted by Gasteiger charge is 2.15. The lowest BCUT2D eigenvalue weighted by Crippen LogP contribution is -2.26. The summed E-state index contributed by atoms with van der Waals surface area (Å²) >= 11 is 3.47. The van der Waals surface area contributed by atoms with Gasteiger partial charge in [-0.1, -0.05) is 12.1 Å². The Bertz CT molecular complexity index is 770. The number of aromatic nitrogens is 1. The zero-order valence-corrected chi connectivity index (χ0v) is 15.0. The molecule has 0 aliphatic carbocycles. The van der Waals surface area contributed by atoms with Gasteiger partial charge in [-0.15, -0.1) is 22.7 Å². The van der Waals surface area contributed by atoms with Gasteiger partial charge in [0, 0.05) is 27.7 Å². The lowest BCUT2D eigenvalue weighted by atomic mass is 10.2. The number of hydrogen-bond acceptors (Lipinski definition) is 3. The second kappa shape index (κ2) is 7.15.